The maximum Gasteiger partial charge on any atom is 0.264 e. The van der Waals surface area contributed by atoms with Gasteiger partial charge in [-0.2, -0.15) is 0 Å². The molecule has 3 aliphatic rings. The highest BCUT2D eigenvalue weighted by Gasteiger charge is 2.51. The number of rotatable bonds is 2. The summed E-state index contributed by atoms with van der Waals surface area (Å²) in [5, 5.41) is 12.2. The van der Waals surface area contributed by atoms with E-state index in [1.807, 2.05) is 31.2 Å². The number of aliphatic hydroxyl groups is 1. The van der Waals surface area contributed by atoms with Crippen LogP contribution < -0.4 is 14.4 Å². The molecule has 6 atom stereocenters. The Bertz CT molecular complexity index is 1630. The minimum atomic E-state index is -4.03. The van der Waals surface area contributed by atoms with E-state index >= 15 is 0 Å². The number of hydrogen-bond donors (Lipinski definition) is 2. The molecule has 2 bridgehead atoms. The van der Waals surface area contributed by atoms with Gasteiger partial charge in [0.15, 0.2) is 0 Å². The van der Waals surface area contributed by atoms with Crippen LogP contribution >= 0.6 is 11.6 Å². The third kappa shape index (κ3) is 7.50. The van der Waals surface area contributed by atoms with Gasteiger partial charge in [-0.05, 0) is 105 Å². The summed E-state index contributed by atoms with van der Waals surface area (Å²) in [6.07, 6.45) is 8.14. The lowest BCUT2D eigenvalue weighted by atomic mass is 9.60. The zero-order chi connectivity index (χ0) is 34.1. The van der Waals surface area contributed by atoms with Gasteiger partial charge in [-0.1, -0.05) is 43.7 Å². The van der Waals surface area contributed by atoms with Crippen LogP contribution in [0.2, 0.25) is 5.02 Å². The molecule has 2 N–H and O–H groups in total. The molecule has 0 aromatic heterocycles. The molecule has 0 unspecified atom stereocenters. The van der Waals surface area contributed by atoms with Crippen molar-refractivity contribution >= 4 is 39.1 Å². The minimum Gasteiger partial charge on any atom is -0.487 e. The summed E-state index contributed by atoms with van der Waals surface area (Å²) in [5.41, 5.74) is 1.67. The van der Waals surface area contributed by atoms with E-state index in [-0.39, 0.29) is 29.2 Å². The quantitative estimate of drug-likeness (QED) is 0.396. The Labute approximate surface area is 284 Å². The lowest BCUT2D eigenvalue weighted by molar-refractivity contribution is -0.147. The van der Waals surface area contributed by atoms with Crippen molar-refractivity contribution in [3.05, 3.63) is 70.3 Å². The summed E-state index contributed by atoms with van der Waals surface area (Å²) in [4.78, 5) is 30.5. The molecular weight excluding hydrogens is 638 g/mol. The number of amides is 2. The number of allylic oxidation sites excluding steroid dienone is 1. The van der Waals surface area contributed by atoms with E-state index < -0.39 is 32.7 Å². The van der Waals surface area contributed by atoms with E-state index in [2.05, 4.69) is 9.62 Å². The van der Waals surface area contributed by atoms with E-state index in [9.17, 15) is 23.1 Å². The average Bonchev–Trinajstić information content (AvgIpc) is 3.04. The Hall–Kier alpha value is -3.08. The molecular formula is C36H48ClN3O6S. The molecule has 5 rings (SSSR count). The Morgan fingerprint density at radius 3 is 2.60 bits per heavy atom. The van der Waals surface area contributed by atoms with Crippen molar-refractivity contribution < 1.29 is 27.9 Å². The third-order valence-electron chi connectivity index (χ3n) is 10.6. The average molecular weight is 686 g/mol. The van der Waals surface area contributed by atoms with Crippen molar-refractivity contribution in [2.45, 2.75) is 76.8 Å². The summed E-state index contributed by atoms with van der Waals surface area (Å²) in [7, 11) is -0.642. The molecule has 11 heteroatoms. The number of sulfonamides is 1. The Balaban J connectivity index is 1.59. The van der Waals surface area contributed by atoms with Crippen molar-refractivity contribution in [3.63, 3.8) is 0 Å². The molecule has 0 spiro atoms. The van der Waals surface area contributed by atoms with Gasteiger partial charge in [0.25, 0.3) is 5.91 Å². The van der Waals surface area contributed by atoms with E-state index in [1.54, 1.807) is 52.2 Å². The summed E-state index contributed by atoms with van der Waals surface area (Å²) in [6.45, 7) is 6.72. The number of carbonyl (C=O) groups excluding carboxylic acids is 2. The van der Waals surface area contributed by atoms with Crippen molar-refractivity contribution in [3.8, 4) is 5.75 Å². The molecule has 1 fully saturated rings. The maximum atomic E-state index is 13.5. The molecule has 2 heterocycles. The molecule has 2 aromatic carbocycles. The second-order valence-corrected chi connectivity index (χ2v) is 16.3. The van der Waals surface area contributed by atoms with E-state index in [0.29, 0.717) is 42.6 Å². The lowest BCUT2D eigenvalue weighted by Crippen LogP contribution is -2.56. The van der Waals surface area contributed by atoms with Gasteiger partial charge < -0.3 is 19.6 Å². The number of benzene rings is 2. The van der Waals surface area contributed by atoms with Crippen LogP contribution in [0.15, 0.2) is 48.6 Å². The zero-order valence-electron chi connectivity index (χ0n) is 28.0. The summed E-state index contributed by atoms with van der Waals surface area (Å²) >= 11 is 6.34. The summed E-state index contributed by atoms with van der Waals surface area (Å²) in [6, 6.07) is 10.9. The Morgan fingerprint density at radius 1 is 1.13 bits per heavy atom. The van der Waals surface area contributed by atoms with Crippen molar-refractivity contribution in [2.75, 3.05) is 32.1 Å². The molecule has 256 valence electrons. The molecule has 0 radical (unpaired) electrons. The predicted octanol–water partition coefficient (Wildman–Crippen LogP) is 5.59. The highest BCUT2D eigenvalue weighted by molar-refractivity contribution is 7.90. The van der Waals surface area contributed by atoms with Gasteiger partial charge in [-0.3, -0.25) is 9.59 Å². The van der Waals surface area contributed by atoms with Crippen LogP contribution in [-0.4, -0.2) is 68.3 Å². The van der Waals surface area contributed by atoms with Gasteiger partial charge in [0.2, 0.25) is 15.9 Å². The minimum absolute atomic E-state index is 0.0677. The predicted molar refractivity (Wildman–Crippen MR) is 185 cm³/mol. The van der Waals surface area contributed by atoms with Gasteiger partial charge in [0.05, 0.1) is 22.5 Å². The first-order valence-corrected chi connectivity index (χ1v) is 18.6. The zero-order valence-corrected chi connectivity index (χ0v) is 29.6. The van der Waals surface area contributed by atoms with Crippen molar-refractivity contribution in [1.29, 1.82) is 0 Å². The molecule has 2 aliphatic heterocycles. The topological polar surface area (TPSA) is 116 Å². The van der Waals surface area contributed by atoms with Crippen LogP contribution in [0.25, 0.3) is 0 Å². The van der Waals surface area contributed by atoms with Gasteiger partial charge in [-0.15, -0.1) is 0 Å². The van der Waals surface area contributed by atoms with Crippen LogP contribution in [0.3, 0.4) is 0 Å². The van der Waals surface area contributed by atoms with E-state index in [4.69, 9.17) is 16.3 Å². The Morgan fingerprint density at radius 2 is 1.89 bits per heavy atom. The highest BCUT2D eigenvalue weighted by atomic mass is 35.5. The van der Waals surface area contributed by atoms with Crippen LogP contribution in [-0.2, 0) is 27.8 Å². The number of nitrogens with one attached hydrogen (secondary N) is 1. The van der Waals surface area contributed by atoms with E-state index in [1.165, 1.54) is 4.90 Å². The molecule has 1 saturated carbocycles. The van der Waals surface area contributed by atoms with Crippen molar-refractivity contribution in [1.82, 2.24) is 9.62 Å². The van der Waals surface area contributed by atoms with Crippen LogP contribution in [0, 0.1) is 23.7 Å². The number of fused-ring (bicyclic) bond motifs is 3. The SMILES string of the molecule is C[C@H](C(=O)N(C)C)[C@]1(O)/C=C/C[C@H](C)[C@@H](C)S(=O)(=O)NC(=O)c2ccc3c(c2)N(CCCCc2cc(Cl)ccc2CO3)C[C@@H]2CC[C@H]21. The van der Waals surface area contributed by atoms with Gasteiger partial charge in [0, 0.05) is 37.8 Å². The first-order chi connectivity index (χ1) is 22.2. The van der Waals surface area contributed by atoms with Crippen molar-refractivity contribution in [2.24, 2.45) is 23.7 Å². The standard InChI is InChI=1S/C36H48ClN3O6S/c1-23-9-8-17-36(43,24(2)35(42)39(4)5)31-15-12-28(31)21-40-18-7-6-10-26-19-30(37)14-11-29(26)22-46-33-16-13-27(20-32(33)40)34(41)38-47(44,45)25(23)3/h8,11,13-14,16-17,19-20,23-25,28,31,43H,6-7,9-10,12,15,18,21-22H2,1-5H3,(H,38,41)/b17-8+/t23-,24+,25+,28-,31+,36+/m0/s1. The smallest absolute Gasteiger partial charge is 0.264 e. The second kappa shape index (κ2) is 14.2. The van der Waals surface area contributed by atoms with Gasteiger partial charge in [0.1, 0.15) is 12.4 Å². The number of carbonyl (C=O) groups is 2. The molecule has 9 nitrogen and oxygen atoms in total. The fraction of sp³-hybridized carbons (Fsp3) is 0.556. The van der Waals surface area contributed by atoms with Gasteiger partial charge >= 0.3 is 0 Å². The largest absolute Gasteiger partial charge is 0.487 e. The van der Waals surface area contributed by atoms with Crippen LogP contribution in [0.1, 0.15) is 74.4 Å². The fourth-order valence-corrected chi connectivity index (χ4v) is 8.66. The maximum absolute atomic E-state index is 13.5. The number of anilines is 1. The number of halogens is 1. The number of aryl methyl sites for hydroxylation is 1. The number of nitrogens with zero attached hydrogens (tertiary/aromatic N) is 2. The highest BCUT2D eigenvalue weighted by Crippen LogP contribution is 2.48. The normalized spacial score (nSPS) is 29.3. The molecule has 1 aliphatic carbocycles. The Kier molecular flexibility index (Phi) is 10.6. The number of ether oxygens (including phenoxy) is 1. The molecule has 0 saturated heterocycles. The summed E-state index contributed by atoms with van der Waals surface area (Å²) in [5.74, 6) is -1.46. The summed E-state index contributed by atoms with van der Waals surface area (Å²) < 4.78 is 35.5. The van der Waals surface area contributed by atoms with Crippen LogP contribution in [0.5, 0.6) is 5.75 Å². The first-order valence-electron chi connectivity index (χ1n) is 16.7. The molecule has 47 heavy (non-hydrogen) atoms. The van der Waals surface area contributed by atoms with Crippen LogP contribution in [0.4, 0.5) is 5.69 Å². The van der Waals surface area contributed by atoms with Gasteiger partial charge in [-0.25, -0.2) is 13.1 Å². The third-order valence-corrected chi connectivity index (χ3v) is 12.8. The van der Waals surface area contributed by atoms with E-state index in [0.717, 1.165) is 43.2 Å². The molecule has 2 amide bonds. The second-order valence-electron chi connectivity index (χ2n) is 13.9. The fourth-order valence-electron chi connectivity index (χ4n) is 7.18. The lowest BCUT2D eigenvalue weighted by Gasteiger charge is -2.50. The number of hydrogen-bond acceptors (Lipinski definition) is 7. The monoisotopic (exact) mass is 685 g/mol. The molecule has 2 aromatic rings. The first kappa shape index (κ1) is 35.2.